The number of hydrogen-bond acceptors (Lipinski definition) is 7. The Bertz CT molecular complexity index is 1410. The Labute approximate surface area is 228 Å². The van der Waals surface area contributed by atoms with Crippen LogP contribution in [-0.4, -0.2) is 43.2 Å². The van der Waals surface area contributed by atoms with Gasteiger partial charge in [0.15, 0.2) is 16.7 Å². The monoisotopic (exact) mass is 556 g/mol. The highest BCUT2D eigenvalue weighted by Crippen LogP contribution is 2.35. The number of hydrogen-bond donors (Lipinski definition) is 0. The van der Waals surface area contributed by atoms with E-state index in [1.807, 2.05) is 12.1 Å². The summed E-state index contributed by atoms with van der Waals surface area (Å²) in [7, 11) is 4.55. The van der Waals surface area contributed by atoms with E-state index < -0.39 is 5.97 Å². The summed E-state index contributed by atoms with van der Waals surface area (Å²) < 4.78 is 16.1. The van der Waals surface area contributed by atoms with Crippen LogP contribution in [0.2, 0.25) is 10.0 Å². The molecule has 1 heterocycles. The van der Waals surface area contributed by atoms with Crippen LogP contribution in [0.5, 0.6) is 11.5 Å². The van der Waals surface area contributed by atoms with Crippen LogP contribution in [0.25, 0.3) is 6.08 Å². The molecule has 190 valence electrons. The Morgan fingerprint density at radius 1 is 1.00 bits per heavy atom. The number of amidine groups is 1. The fourth-order valence-electron chi connectivity index (χ4n) is 3.39. The molecule has 0 atom stereocenters. The molecule has 7 nitrogen and oxygen atoms in total. The van der Waals surface area contributed by atoms with E-state index in [1.165, 1.54) is 23.8 Å². The summed E-state index contributed by atoms with van der Waals surface area (Å²) in [5.41, 5.74) is 2.67. The van der Waals surface area contributed by atoms with Gasteiger partial charge in [-0.15, -0.1) is 0 Å². The van der Waals surface area contributed by atoms with E-state index in [0.717, 1.165) is 11.1 Å². The molecule has 1 fully saturated rings. The van der Waals surface area contributed by atoms with Crippen molar-refractivity contribution in [1.82, 2.24) is 4.90 Å². The van der Waals surface area contributed by atoms with Crippen molar-refractivity contribution in [3.8, 4) is 11.5 Å². The Balaban J connectivity index is 1.49. The third-order valence-corrected chi connectivity index (χ3v) is 7.18. The van der Waals surface area contributed by atoms with E-state index in [0.29, 0.717) is 42.9 Å². The van der Waals surface area contributed by atoms with E-state index in [4.69, 9.17) is 37.4 Å². The van der Waals surface area contributed by atoms with Gasteiger partial charge in [-0.25, -0.2) is 9.79 Å². The van der Waals surface area contributed by atoms with Crippen molar-refractivity contribution < 1.29 is 23.8 Å². The second-order valence-electron chi connectivity index (χ2n) is 7.86. The van der Waals surface area contributed by atoms with Crippen molar-refractivity contribution in [2.45, 2.75) is 6.61 Å². The lowest BCUT2D eigenvalue weighted by atomic mass is 10.2. The summed E-state index contributed by atoms with van der Waals surface area (Å²) in [5, 5.41) is 1.46. The van der Waals surface area contributed by atoms with Gasteiger partial charge in [0.2, 0.25) is 0 Å². The van der Waals surface area contributed by atoms with Crippen molar-refractivity contribution in [3.05, 3.63) is 92.3 Å². The van der Waals surface area contributed by atoms with Gasteiger partial charge in [-0.2, -0.15) is 0 Å². The van der Waals surface area contributed by atoms with Crippen LogP contribution in [-0.2, 0) is 16.1 Å². The van der Waals surface area contributed by atoms with Gasteiger partial charge in [-0.3, -0.25) is 9.69 Å². The van der Waals surface area contributed by atoms with E-state index in [1.54, 1.807) is 68.8 Å². The minimum Gasteiger partial charge on any atom is -0.493 e. The van der Waals surface area contributed by atoms with Crippen molar-refractivity contribution in [2.75, 3.05) is 21.3 Å². The number of esters is 1. The number of thioether (sulfide) groups is 1. The van der Waals surface area contributed by atoms with Gasteiger partial charge >= 0.3 is 5.97 Å². The van der Waals surface area contributed by atoms with E-state index in [-0.39, 0.29) is 12.5 Å². The van der Waals surface area contributed by atoms with E-state index >= 15 is 0 Å². The van der Waals surface area contributed by atoms with E-state index in [9.17, 15) is 9.59 Å². The number of ether oxygens (including phenoxy) is 3. The molecule has 1 aliphatic rings. The number of rotatable bonds is 7. The molecule has 3 aromatic rings. The van der Waals surface area contributed by atoms with Gasteiger partial charge in [-0.1, -0.05) is 35.3 Å². The Hall–Kier alpha value is -3.46. The molecular formula is C27H22Cl2N2O5S. The Kier molecular flexibility index (Phi) is 8.43. The number of methoxy groups -OCH3 is 2. The van der Waals surface area contributed by atoms with Gasteiger partial charge in [0, 0.05) is 7.05 Å². The quantitative estimate of drug-likeness (QED) is 0.241. The third-order valence-electron chi connectivity index (χ3n) is 5.38. The first kappa shape index (κ1) is 26.6. The molecule has 3 aromatic carbocycles. The van der Waals surface area contributed by atoms with Gasteiger partial charge < -0.3 is 14.2 Å². The fraction of sp³-hybridized carbons (Fsp3) is 0.148. The molecule has 0 spiro atoms. The third kappa shape index (κ3) is 6.28. The summed E-state index contributed by atoms with van der Waals surface area (Å²) >= 11 is 13.3. The number of benzene rings is 3. The highest BCUT2D eigenvalue weighted by atomic mass is 35.5. The number of carbonyl (C=O) groups excluding carboxylic acids is 2. The topological polar surface area (TPSA) is 77.4 Å². The number of aliphatic imine (C=N–C) groups is 1. The Morgan fingerprint density at radius 3 is 2.43 bits per heavy atom. The van der Waals surface area contributed by atoms with Gasteiger partial charge in [0.25, 0.3) is 5.91 Å². The summed E-state index contributed by atoms with van der Waals surface area (Å²) in [6.45, 7) is 0.285. The molecule has 0 aliphatic carbocycles. The molecule has 0 unspecified atom stereocenters. The van der Waals surface area contributed by atoms with Gasteiger partial charge in [0.05, 0.1) is 40.4 Å². The maximum absolute atomic E-state index is 12.8. The zero-order chi connectivity index (χ0) is 26.5. The molecule has 0 radical (unpaired) electrons. The smallest absolute Gasteiger partial charge is 0.337 e. The first-order valence-corrected chi connectivity index (χ1v) is 12.6. The van der Waals surface area contributed by atoms with Gasteiger partial charge in [0.1, 0.15) is 6.61 Å². The van der Waals surface area contributed by atoms with Crippen LogP contribution in [0.1, 0.15) is 21.5 Å². The molecule has 37 heavy (non-hydrogen) atoms. The molecule has 0 bridgehead atoms. The molecule has 0 saturated carbocycles. The van der Waals surface area contributed by atoms with Crippen LogP contribution < -0.4 is 9.47 Å². The second-order valence-corrected chi connectivity index (χ2v) is 9.68. The molecule has 0 aromatic heterocycles. The van der Waals surface area contributed by atoms with Crippen LogP contribution in [0.4, 0.5) is 5.69 Å². The lowest BCUT2D eigenvalue weighted by molar-refractivity contribution is -0.121. The number of carbonyl (C=O) groups is 2. The summed E-state index contributed by atoms with van der Waals surface area (Å²) in [6, 6.07) is 17.4. The van der Waals surface area contributed by atoms with Crippen LogP contribution in [0, 0.1) is 0 Å². The largest absolute Gasteiger partial charge is 0.493 e. The van der Waals surface area contributed by atoms with Crippen LogP contribution in [0.15, 0.2) is 70.6 Å². The Morgan fingerprint density at radius 2 is 1.76 bits per heavy atom. The molecule has 1 aliphatic heterocycles. The SMILES string of the molecule is COC(=O)c1ccc(N=C2SC(=Cc3ccc(OCc4ccc(Cl)c(Cl)c4)c(OC)c3)C(=O)N2C)cc1. The normalized spacial score (nSPS) is 15.4. The van der Waals surface area contributed by atoms with Gasteiger partial charge in [-0.05, 0) is 77.5 Å². The molecule has 4 rings (SSSR count). The number of halogens is 2. The number of likely N-dealkylation sites (N-methyl/N-ethyl adjacent to an activating group) is 1. The van der Waals surface area contributed by atoms with Crippen LogP contribution >= 0.6 is 35.0 Å². The average molecular weight is 557 g/mol. The minimum atomic E-state index is -0.423. The lowest BCUT2D eigenvalue weighted by Crippen LogP contribution is -2.23. The van der Waals surface area contributed by atoms with Crippen LogP contribution in [0.3, 0.4) is 0 Å². The zero-order valence-corrected chi connectivity index (χ0v) is 22.5. The molecule has 1 amide bonds. The summed E-state index contributed by atoms with van der Waals surface area (Å²) in [4.78, 5) is 31.0. The molecule has 10 heteroatoms. The number of nitrogens with zero attached hydrogens (tertiary/aromatic N) is 2. The summed E-state index contributed by atoms with van der Waals surface area (Å²) in [5.74, 6) is 0.482. The van der Waals surface area contributed by atoms with Crippen molar-refractivity contribution in [2.24, 2.45) is 4.99 Å². The second kappa shape index (κ2) is 11.7. The standard InChI is InChI=1S/C27H22Cl2N2O5S/c1-31-25(32)24(37-27(31)30-19-8-6-18(7-9-19)26(33)35-3)14-16-5-11-22(23(13-16)34-2)36-15-17-4-10-20(28)21(29)12-17/h4-14H,15H2,1-3H3. The molecule has 1 saturated heterocycles. The maximum atomic E-state index is 12.8. The minimum absolute atomic E-state index is 0.172. The fourth-order valence-corrected chi connectivity index (χ4v) is 4.69. The highest BCUT2D eigenvalue weighted by molar-refractivity contribution is 8.18. The van der Waals surface area contributed by atoms with Crippen molar-refractivity contribution in [3.63, 3.8) is 0 Å². The molecular weight excluding hydrogens is 535 g/mol. The predicted octanol–water partition coefficient (Wildman–Crippen LogP) is 6.60. The predicted molar refractivity (Wildman–Crippen MR) is 147 cm³/mol. The van der Waals surface area contributed by atoms with Crippen molar-refractivity contribution in [1.29, 1.82) is 0 Å². The van der Waals surface area contributed by atoms with E-state index in [2.05, 4.69) is 4.99 Å². The maximum Gasteiger partial charge on any atom is 0.337 e. The lowest BCUT2D eigenvalue weighted by Gasteiger charge is -2.12. The first-order valence-electron chi connectivity index (χ1n) is 11.0. The van der Waals surface area contributed by atoms with Crippen molar-refractivity contribution >= 4 is 63.8 Å². The zero-order valence-electron chi connectivity index (χ0n) is 20.2. The highest BCUT2D eigenvalue weighted by Gasteiger charge is 2.30. The number of amides is 1. The first-order chi connectivity index (χ1) is 17.8. The molecule has 0 N–H and O–H groups in total. The average Bonchev–Trinajstić information content (AvgIpc) is 3.17. The summed E-state index contributed by atoms with van der Waals surface area (Å²) in [6.07, 6.45) is 1.78.